The van der Waals surface area contributed by atoms with Gasteiger partial charge in [-0.15, -0.1) is 0 Å². The van der Waals surface area contributed by atoms with E-state index in [2.05, 4.69) is 4.98 Å². The largest absolute Gasteiger partial charge is 0.332 e. The van der Waals surface area contributed by atoms with E-state index in [0.29, 0.717) is 10.8 Å². The molecule has 0 saturated carbocycles. The van der Waals surface area contributed by atoms with E-state index in [1.54, 1.807) is 0 Å². The van der Waals surface area contributed by atoms with Crippen LogP contribution in [0.25, 0.3) is 11.2 Å². The van der Waals surface area contributed by atoms with Crippen molar-refractivity contribution in [1.82, 2.24) is 18.7 Å². The van der Waals surface area contributed by atoms with Gasteiger partial charge in [-0.1, -0.05) is 0 Å². The van der Waals surface area contributed by atoms with Crippen molar-refractivity contribution in [1.29, 1.82) is 0 Å². The predicted molar refractivity (Wildman–Crippen MR) is 80.0 cm³/mol. The molecule has 0 bridgehead atoms. The maximum atomic E-state index is 12.1. The average molecular weight is 343 g/mol. The van der Waals surface area contributed by atoms with Crippen molar-refractivity contribution >= 4 is 60.7 Å². The predicted octanol–water partition coefficient (Wildman–Crippen LogP) is -1.41. The first-order chi connectivity index (χ1) is 9.22. The van der Waals surface area contributed by atoms with E-state index in [0.717, 1.165) is 4.57 Å². The zero-order valence-electron chi connectivity index (χ0n) is 11.7. The molecule has 2 aromatic heterocycles. The van der Waals surface area contributed by atoms with Crippen molar-refractivity contribution in [2.75, 3.05) is 5.75 Å². The van der Waals surface area contributed by atoms with Crippen LogP contribution < -0.4 is 11.2 Å². The maximum Gasteiger partial charge on any atom is 0.332 e. The Bertz CT molecular complexity index is 882. The van der Waals surface area contributed by atoms with E-state index in [1.165, 1.54) is 29.6 Å². The van der Waals surface area contributed by atoms with Crippen LogP contribution in [-0.2, 0) is 29.8 Å². The first-order valence-corrected chi connectivity index (χ1v) is 8.39. The number of nitrogens with zero attached hydrogens (tertiary/aromatic N) is 4. The molecule has 2 heterocycles. The van der Waals surface area contributed by atoms with Gasteiger partial charge in [0.15, 0.2) is 11.2 Å². The van der Waals surface area contributed by atoms with E-state index in [4.69, 9.17) is 4.55 Å². The normalized spacial score (nSPS) is 11.6. The number of hydrogen-bond acceptors (Lipinski definition) is 6. The molecular formula is C9H12N4NaO5S2. The van der Waals surface area contributed by atoms with Gasteiger partial charge in [0.25, 0.3) is 5.56 Å². The molecule has 111 valence electrons. The quantitative estimate of drug-likeness (QED) is 0.412. The van der Waals surface area contributed by atoms with Crippen molar-refractivity contribution in [3.8, 4) is 0 Å². The zero-order chi connectivity index (χ0) is 15.1. The van der Waals surface area contributed by atoms with Crippen LogP contribution >= 0.6 is 10.8 Å². The van der Waals surface area contributed by atoms with Crippen LogP contribution in [0.4, 0.5) is 0 Å². The van der Waals surface area contributed by atoms with Gasteiger partial charge in [0.1, 0.15) is 0 Å². The van der Waals surface area contributed by atoms with Crippen LogP contribution in [0.1, 0.15) is 0 Å². The minimum absolute atomic E-state index is 0. The Kier molecular flexibility index (Phi) is 5.86. The van der Waals surface area contributed by atoms with Gasteiger partial charge < -0.3 is 4.57 Å². The van der Waals surface area contributed by atoms with Gasteiger partial charge in [-0.25, -0.2) is 9.78 Å². The molecule has 2 aromatic rings. The topological polar surface area (TPSA) is 116 Å². The van der Waals surface area contributed by atoms with Gasteiger partial charge in [-0.05, 0) is 10.8 Å². The smallest absolute Gasteiger partial charge is 0.324 e. The summed E-state index contributed by atoms with van der Waals surface area (Å²) in [5.41, 5.74) is -0.544. The summed E-state index contributed by atoms with van der Waals surface area (Å²) in [5.74, 6) is 0.0519. The molecule has 0 spiro atoms. The van der Waals surface area contributed by atoms with Gasteiger partial charge in [-0.2, -0.15) is 8.42 Å². The summed E-state index contributed by atoms with van der Waals surface area (Å²) in [4.78, 5) is 27.8. The summed E-state index contributed by atoms with van der Waals surface area (Å²) >= 11 is 0. The average Bonchev–Trinajstić information content (AvgIpc) is 2.76. The number of aryl methyl sites for hydroxylation is 2. The third-order valence-electron chi connectivity index (χ3n) is 2.78. The Morgan fingerprint density at radius 3 is 2.48 bits per heavy atom. The maximum absolute atomic E-state index is 12.1. The second-order valence-corrected chi connectivity index (χ2v) is 7.54. The van der Waals surface area contributed by atoms with Crippen molar-refractivity contribution in [2.24, 2.45) is 14.1 Å². The summed E-state index contributed by atoms with van der Waals surface area (Å²) in [5, 5.41) is 0. The molecule has 0 aromatic carbocycles. The number of aromatic nitrogens is 4. The van der Waals surface area contributed by atoms with Gasteiger partial charge in [0, 0.05) is 56.0 Å². The summed E-state index contributed by atoms with van der Waals surface area (Å²) in [6.07, 6.45) is 1.36. The Morgan fingerprint density at radius 1 is 1.29 bits per heavy atom. The van der Waals surface area contributed by atoms with Crippen molar-refractivity contribution in [2.45, 2.75) is 6.54 Å². The summed E-state index contributed by atoms with van der Waals surface area (Å²) in [7, 11) is -0.910. The SMILES string of the molecule is Cn1c(=O)c2c(ncn2CCSS(=O)(=O)O)n(C)c1=O.[Na]. The third-order valence-corrected chi connectivity index (χ3v) is 4.82. The third kappa shape index (κ3) is 3.79. The molecule has 0 aliphatic heterocycles. The van der Waals surface area contributed by atoms with Crippen LogP contribution in [0, 0.1) is 0 Å². The fourth-order valence-electron chi connectivity index (χ4n) is 1.81. The van der Waals surface area contributed by atoms with Crippen molar-refractivity contribution in [3.63, 3.8) is 0 Å². The van der Waals surface area contributed by atoms with Crippen LogP contribution in [0.5, 0.6) is 0 Å². The molecule has 0 aliphatic rings. The molecule has 1 N–H and O–H groups in total. The second-order valence-electron chi connectivity index (χ2n) is 4.07. The second kappa shape index (κ2) is 6.67. The number of imidazole rings is 1. The molecule has 21 heavy (non-hydrogen) atoms. The van der Waals surface area contributed by atoms with E-state index < -0.39 is 20.4 Å². The van der Waals surface area contributed by atoms with Crippen LogP contribution in [-0.4, -0.2) is 67.0 Å². The first-order valence-electron chi connectivity index (χ1n) is 5.45. The molecule has 9 nitrogen and oxygen atoms in total. The van der Waals surface area contributed by atoms with Crippen LogP contribution in [0.15, 0.2) is 15.9 Å². The number of hydrogen-bond donors (Lipinski definition) is 1. The van der Waals surface area contributed by atoms with Gasteiger partial charge >= 0.3 is 14.8 Å². The molecule has 1 radical (unpaired) electrons. The van der Waals surface area contributed by atoms with Gasteiger partial charge in [0.05, 0.1) is 6.33 Å². The standard InChI is InChI=1S/C9H12N4O5S2.Na/c1-11-7-6(8(14)12(2)9(11)15)13(5-10-7)3-4-19-20(16,17)18;/h5H,3-4H2,1-2H3,(H,16,17,18);. The van der Waals surface area contributed by atoms with Crippen molar-refractivity contribution < 1.29 is 13.0 Å². The molecule has 0 amide bonds. The van der Waals surface area contributed by atoms with Crippen LogP contribution in [0.2, 0.25) is 0 Å². The minimum Gasteiger partial charge on any atom is -0.324 e. The summed E-state index contributed by atoms with van der Waals surface area (Å²) in [6.45, 7) is 0.161. The summed E-state index contributed by atoms with van der Waals surface area (Å²) < 4.78 is 33.5. The van der Waals surface area contributed by atoms with Gasteiger partial charge in [0.2, 0.25) is 0 Å². The first kappa shape index (κ1) is 18.5. The fraction of sp³-hybridized carbons (Fsp3) is 0.444. The Balaban J connectivity index is 0.00000220. The Morgan fingerprint density at radius 2 is 1.90 bits per heavy atom. The molecule has 0 unspecified atom stereocenters. The molecule has 0 aliphatic carbocycles. The molecule has 2 rings (SSSR count). The molecule has 12 heteroatoms. The fourth-order valence-corrected chi connectivity index (χ4v) is 3.14. The Hall–Kier alpha value is -0.590. The minimum atomic E-state index is -4.12. The van der Waals surface area contributed by atoms with E-state index >= 15 is 0 Å². The Labute approximate surface area is 145 Å². The monoisotopic (exact) mass is 343 g/mol. The zero-order valence-corrected chi connectivity index (χ0v) is 15.3. The molecule has 0 saturated heterocycles. The summed E-state index contributed by atoms with van der Waals surface area (Å²) in [6, 6.07) is 0. The van der Waals surface area contributed by atoms with Crippen molar-refractivity contribution in [3.05, 3.63) is 27.2 Å². The number of rotatable bonds is 4. The molecule has 0 fully saturated rings. The van der Waals surface area contributed by atoms with E-state index in [9.17, 15) is 18.0 Å². The van der Waals surface area contributed by atoms with E-state index in [1.807, 2.05) is 0 Å². The number of fused-ring (bicyclic) bond motifs is 1. The van der Waals surface area contributed by atoms with Crippen LogP contribution in [0.3, 0.4) is 0 Å². The van der Waals surface area contributed by atoms with Gasteiger partial charge in [-0.3, -0.25) is 18.5 Å². The molecular weight excluding hydrogens is 331 g/mol. The molecule has 0 atom stereocenters. The van der Waals surface area contributed by atoms with E-state index in [-0.39, 0.29) is 53.0 Å².